The number of carboxylic acid groups (broad SMARTS) is 1. The molecule has 6 heteroatoms. The number of rotatable bonds is 3. The molecule has 0 bridgehead atoms. The van der Waals surface area contributed by atoms with Crippen LogP contribution >= 0.6 is 24.2 Å². The number of hydrogen-bond donors (Lipinski definition) is 1. The molecule has 0 aromatic carbocycles. The summed E-state index contributed by atoms with van der Waals surface area (Å²) in [6.45, 7) is 3.43. The molecule has 0 aromatic heterocycles. The largest absolute Gasteiger partial charge is 0.480 e. The van der Waals surface area contributed by atoms with Crippen molar-refractivity contribution < 1.29 is 9.90 Å². The average molecular weight is 379 g/mol. The van der Waals surface area contributed by atoms with Gasteiger partial charge in [0.15, 0.2) is 0 Å². The molecule has 0 aromatic rings. The van der Waals surface area contributed by atoms with E-state index in [0.717, 1.165) is 38.2 Å². The number of carbonyl (C=O) groups is 1. The molecule has 4 rings (SSSR count). The van der Waals surface area contributed by atoms with E-state index < -0.39 is 12.0 Å². The van der Waals surface area contributed by atoms with Gasteiger partial charge in [-0.2, -0.15) is 0 Å². The molecule has 25 heavy (non-hydrogen) atoms. The molecule has 0 radical (unpaired) electrons. The van der Waals surface area contributed by atoms with E-state index >= 15 is 0 Å². The van der Waals surface area contributed by atoms with Crippen LogP contribution in [0.15, 0.2) is 57.9 Å². The Bertz CT molecular complexity index is 717. The first-order valence-electron chi connectivity index (χ1n) is 8.42. The summed E-state index contributed by atoms with van der Waals surface area (Å²) in [6, 6.07) is -0.554. The lowest BCUT2D eigenvalue weighted by Crippen LogP contribution is -2.52. The predicted molar refractivity (Wildman–Crippen MR) is 105 cm³/mol. The van der Waals surface area contributed by atoms with E-state index in [9.17, 15) is 9.90 Å². The smallest absolute Gasteiger partial charge is 0.325 e. The van der Waals surface area contributed by atoms with Gasteiger partial charge in [0.2, 0.25) is 0 Å². The van der Waals surface area contributed by atoms with Gasteiger partial charge in [-0.3, -0.25) is 9.69 Å². The normalized spacial score (nSPS) is 29.7. The highest BCUT2D eigenvalue weighted by molar-refractivity contribution is 8.06. The minimum Gasteiger partial charge on any atom is -0.480 e. The van der Waals surface area contributed by atoms with Gasteiger partial charge in [-0.05, 0) is 30.0 Å². The number of piperazine rings is 1. The van der Waals surface area contributed by atoms with Gasteiger partial charge in [0, 0.05) is 36.5 Å². The van der Waals surface area contributed by atoms with Gasteiger partial charge in [-0.25, -0.2) is 0 Å². The first-order valence-corrected chi connectivity index (χ1v) is 9.29. The van der Waals surface area contributed by atoms with Crippen molar-refractivity contribution in [3.05, 3.63) is 57.9 Å². The van der Waals surface area contributed by atoms with Gasteiger partial charge >= 0.3 is 5.97 Å². The van der Waals surface area contributed by atoms with Crippen molar-refractivity contribution in [3.8, 4) is 0 Å². The second-order valence-corrected chi connectivity index (χ2v) is 7.73. The monoisotopic (exact) mass is 378 g/mol. The topological polar surface area (TPSA) is 43.8 Å². The molecular formula is C19H23ClN2O2S. The van der Waals surface area contributed by atoms with E-state index in [1.807, 2.05) is 6.08 Å². The van der Waals surface area contributed by atoms with E-state index in [4.69, 9.17) is 0 Å². The number of nitrogens with zero attached hydrogens (tertiary/aromatic N) is 2. The average Bonchev–Trinajstić information content (AvgIpc) is 2.97. The number of likely N-dealkylation sites (N-methyl/N-ethyl adjacent to an activating group) is 1. The number of thioether (sulfide) groups is 1. The Hall–Kier alpha value is -1.27. The number of hydrogen-bond acceptors (Lipinski definition) is 4. The highest BCUT2D eigenvalue weighted by Crippen LogP contribution is 2.58. The van der Waals surface area contributed by atoms with Crippen LogP contribution in [0, 0.1) is 5.41 Å². The number of halogens is 1. The Morgan fingerprint density at radius 1 is 1.24 bits per heavy atom. The van der Waals surface area contributed by atoms with Crippen LogP contribution < -0.4 is 0 Å². The molecule has 0 saturated carbocycles. The summed E-state index contributed by atoms with van der Waals surface area (Å²) in [5.41, 5.74) is 2.12. The maximum Gasteiger partial charge on any atom is 0.325 e. The van der Waals surface area contributed by atoms with E-state index in [0.29, 0.717) is 0 Å². The summed E-state index contributed by atoms with van der Waals surface area (Å²) in [6.07, 6.45) is 13.7. The predicted octanol–water partition coefficient (Wildman–Crippen LogP) is 3.07. The Balaban J connectivity index is 0.00000182. The fraction of sp³-hybridized carbons (Fsp3) is 0.421. The summed E-state index contributed by atoms with van der Waals surface area (Å²) in [5, 5.41) is 12.2. The second kappa shape index (κ2) is 7.16. The molecule has 0 amide bonds. The van der Waals surface area contributed by atoms with Gasteiger partial charge in [-0.1, -0.05) is 36.5 Å². The second-order valence-electron chi connectivity index (χ2n) is 6.85. The minimum atomic E-state index is -0.742. The summed E-state index contributed by atoms with van der Waals surface area (Å²) in [7, 11) is 2.09. The molecule has 2 aliphatic carbocycles. The summed E-state index contributed by atoms with van der Waals surface area (Å²) >= 11 is 1.70. The van der Waals surface area contributed by atoms with E-state index in [-0.39, 0.29) is 17.8 Å². The van der Waals surface area contributed by atoms with Gasteiger partial charge in [0.05, 0.1) is 0 Å². The lowest BCUT2D eigenvalue weighted by atomic mass is 9.71. The van der Waals surface area contributed by atoms with Crippen LogP contribution in [0.5, 0.6) is 0 Å². The Morgan fingerprint density at radius 3 is 2.72 bits per heavy atom. The molecule has 1 spiro atoms. The standard InChI is InChI=1S/C19H22N2O2S.ClH/c1-20-9-11-21(12-10-20)16(18(22)23)15-6-4-8-19-7-3-2-5-14(19)13-24-17(15)19;/h2-7,13,16H,8-12H2,1H3,(H,22,23);1H. The molecule has 2 heterocycles. The Kier molecular flexibility index (Phi) is 5.30. The summed E-state index contributed by atoms with van der Waals surface area (Å²) in [5.74, 6) is -0.742. The SMILES string of the molecule is CN1CCN(C(C(=O)O)C2=C3SC=C4C=CC=CC43CC=C2)CC1.Cl. The highest BCUT2D eigenvalue weighted by Gasteiger charge is 2.45. The molecule has 2 atom stereocenters. The third-order valence-electron chi connectivity index (χ3n) is 5.42. The number of carboxylic acids is 1. The highest BCUT2D eigenvalue weighted by atomic mass is 35.5. The zero-order chi connectivity index (χ0) is 16.7. The molecule has 134 valence electrons. The van der Waals surface area contributed by atoms with Crippen LogP contribution in [-0.2, 0) is 4.79 Å². The van der Waals surface area contributed by atoms with Crippen LogP contribution in [0.4, 0.5) is 0 Å². The van der Waals surface area contributed by atoms with Crippen LogP contribution in [0.3, 0.4) is 0 Å². The fourth-order valence-electron chi connectivity index (χ4n) is 4.04. The van der Waals surface area contributed by atoms with Crippen molar-refractivity contribution in [2.45, 2.75) is 12.5 Å². The quantitative estimate of drug-likeness (QED) is 0.817. The van der Waals surface area contributed by atoms with Gasteiger partial charge < -0.3 is 10.0 Å². The Morgan fingerprint density at radius 2 is 2.00 bits per heavy atom. The molecule has 2 aliphatic heterocycles. The lowest BCUT2D eigenvalue weighted by molar-refractivity contribution is -0.142. The first kappa shape index (κ1) is 18.5. The molecule has 1 saturated heterocycles. The zero-order valence-corrected chi connectivity index (χ0v) is 15.9. The van der Waals surface area contributed by atoms with E-state index in [1.165, 1.54) is 10.5 Å². The number of aliphatic carboxylic acids is 1. The third kappa shape index (κ3) is 3.04. The van der Waals surface area contributed by atoms with Gasteiger partial charge in [-0.15, -0.1) is 24.2 Å². The maximum atomic E-state index is 12.1. The van der Waals surface area contributed by atoms with Crippen LogP contribution in [-0.4, -0.2) is 60.1 Å². The fourth-order valence-corrected chi connectivity index (χ4v) is 5.36. The minimum absolute atomic E-state index is 0. The first-order chi connectivity index (χ1) is 11.6. The molecule has 2 unspecified atom stereocenters. The van der Waals surface area contributed by atoms with Crippen molar-refractivity contribution in [3.63, 3.8) is 0 Å². The van der Waals surface area contributed by atoms with Crippen LogP contribution in [0.1, 0.15) is 6.42 Å². The van der Waals surface area contributed by atoms with Crippen molar-refractivity contribution in [1.29, 1.82) is 0 Å². The van der Waals surface area contributed by atoms with Gasteiger partial charge in [0.1, 0.15) is 6.04 Å². The molecule has 1 fully saturated rings. The van der Waals surface area contributed by atoms with Crippen molar-refractivity contribution in [1.82, 2.24) is 9.80 Å². The van der Waals surface area contributed by atoms with Crippen molar-refractivity contribution in [2.24, 2.45) is 5.41 Å². The van der Waals surface area contributed by atoms with Crippen LogP contribution in [0.25, 0.3) is 0 Å². The lowest BCUT2D eigenvalue weighted by Gasteiger charge is -2.40. The number of allylic oxidation sites excluding steroid dienone is 7. The van der Waals surface area contributed by atoms with Crippen molar-refractivity contribution in [2.75, 3.05) is 33.2 Å². The third-order valence-corrected chi connectivity index (χ3v) is 6.63. The van der Waals surface area contributed by atoms with E-state index in [2.05, 4.69) is 52.6 Å². The van der Waals surface area contributed by atoms with E-state index in [1.54, 1.807) is 11.8 Å². The maximum absolute atomic E-state index is 12.1. The zero-order valence-electron chi connectivity index (χ0n) is 14.2. The van der Waals surface area contributed by atoms with Crippen LogP contribution in [0.2, 0.25) is 0 Å². The molecule has 4 nitrogen and oxygen atoms in total. The van der Waals surface area contributed by atoms with Gasteiger partial charge in [0.25, 0.3) is 0 Å². The molecule has 4 aliphatic rings. The molecular weight excluding hydrogens is 356 g/mol. The Labute approximate surface area is 159 Å². The summed E-state index contributed by atoms with van der Waals surface area (Å²) in [4.78, 5) is 17.7. The summed E-state index contributed by atoms with van der Waals surface area (Å²) < 4.78 is 0. The molecule has 1 N–H and O–H groups in total. The van der Waals surface area contributed by atoms with Crippen molar-refractivity contribution >= 4 is 30.1 Å².